The summed E-state index contributed by atoms with van der Waals surface area (Å²) in [7, 11) is 0. The average Bonchev–Trinajstić information content (AvgIpc) is 2.96. The lowest BCUT2D eigenvalue weighted by Gasteiger charge is -2.04. The minimum absolute atomic E-state index is 0.198. The smallest absolute Gasteiger partial charge is 0.273 e. The van der Waals surface area contributed by atoms with Crippen molar-refractivity contribution in [3.63, 3.8) is 0 Å². The van der Waals surface area contributed by atoms with Crippen LogP contribution in [-0.4, -0.2) is 22.9 Å². The number of aromatic amines is 1. The quantitative estimate of drug-likeness (QED) is 0.732. The van der Waals surface area contributed by atoms with Gasteiger partial charge in [-0.25, -0.2) is 0 Å². The number of nitrogen functional groups attached to an aromatic ring is 1. The lowest BCUT2D eigenvalue weighted by atomic mass is 10.2. The third-order valence-electron chi connectivity index (χ3n) is 2.47. The molecule has 4 N–H and O–H groups in total. The number of nitrogens with zero attached hydrogens (tertiary/aromatic N) is 1. The Morgan fingerprint density at radius 1 is 1.33 bits per heavy atom. The largest absolute Gasteiger partial charge is 0.454 e. The van der Waals surface area contributed by atoms with Gasteiger partial charge in [-0.2, -0.15) is 5.10 Å². The molecule has 2 heterocycles. The monoisotopic (exact) mass is 246 g/mol. The van der Waals surface area contributed by atoms with Gasteiger partial charge in [-0.05, 0) is 12.1 Å². The van der Waals surface area contributed by atoms with Crippen molar-refractivity contribution in [2.75, 3.05) is 17.8 Å². The number of hydrogen-bond donors (Lipinski definition) is 3. The molecule has 0 bridgehead atoms. The maximum atomic E-state index is 11.8. The van der Waals surface area contributed by atoms with Crippen LogP contribution in [0, 0.1) is 0 Å². The number of carbonyl (C=O) groups is 1. The first kappa shape index (κ1) is 10.5. The van der Waals surface area contributed by atoms with Gasteiger partial charge < -0.3 is 20.5 Å². The van der Waals surface area contributed by atoms with Gasteiger partial charge in [-0.3, -0.25) is 9.89 Å². The van der Waals surface area contributed by atoms with Gasteiger partial charge in [-0.15, -0.1) is 0 Å². The molecule has 0 aliphatic carbocycles. The maximum absolute atomic E-state index is 11.8. The van der Waals surface area contributed by atoms with Crippen LogP contribution in [0.5, 0.6) is 11.5 Å². The Morgan fingerprint density at radius 3 is 2.94 bits per heavy atom. The fourth-order valence-electron chi connectivity index (χ4n) is 1.63. The summed E-state index contributed by atoms with van der Waals surface area (Å²) in [6.45, 7) is 0.198. The van der Waals surface area contributed by atoms with Crippen LogP contribution in [0.1, 0.15) is 10.5 Å². The SMILES string of the molecule is Nc1cc(C(=O)Nc2ccc3c(c2)OCO3)[nH]n1. The van der Waals surface area contributed by atoms with Crippen LogP contribution in [0.4, 0.5) is 11.5 Å². The maximum Gasteiger partial charge on any atom is 0.273 e. The normalized spacial score (nSPS) is 12.4. The number of hydrogen-bond acceptors (Lipinski definition) is 5. The summed E-state index contributed by atoms with van der Waals surface area (Å²) in [4.78, 5) is 11.8. The number of nitrogens with two attached hydrogens (primary N) is 1. The summed E-state index contributed by atoms with van der Waals surface area (Å²) >= 11 is 0. The number of anilines is 2. The van der Waals surface area contributed by atoms with E-state index in [0.717, 1.165) is 0 Å². The molecule has 1 aliphatic rings. The molecule has 0 saturated heterocycles. The van der Waals surface area contributed by atoms with Crippen LogP contribution in [0.3, 0.4) is 0 Å². The molecule has 18 heavy (non-hydrogen) atoms. The molecule has 0 fully saturated rings. The van der Waals surface area contributed by atoms with Crippen LogP contribution in [-0.2, 0) is 0 Å². The van der Waals surface area contributed by atoms with E-state index >= 15 is 0 Å². The Morgan fingerprint density at radius 2 is 2.17 bits per heavy atom. The molecular formula is C11H10N4O3. The van der Waals surface area contributed by atoms with Gasteiger partial charge in [0.15, 0.2) is 11.5 Å². The predicted molar refractivity (Wildman–Crippen MR) is 63.5 cm³/mol. The van der Waals surface area contributed by atoms with E-state index < -0.39 is 0 Å². The molecule has 1 aliphatic heterocycles. The molecule has 7 nitrogen and oxygen atoms in total. The Bertz CT molecular complexity index is 608. The Kier molecular flexibility index (Phi) is 2.30. The van der Waals surface area contributed by atoms with Crippen molar-refractivity contribution >= 4 is 17.4 Å². The van der Waals surface area contributed by atoms with Gasteiger partial charge in [0.25, 0.3) is 5.91 Å². The predicted octanol–water partition coefficient (Wildman–Crippen LogP) is 0.973. The summed E-state index contributed by atoms with van der Waals surface area (Å²) in [5.41, 5.74) is 6.33. The number of benzene rings is 1. The Hall–Kier alpha value is -2.70. The molecule has 92 valence electrons. The van der Waals surface area contributed by atoms with Gasteiger partial charge in [0.2, 0.25) is 6.79 Å². The van der Waals surface area contributed by atoms with Crippen LogP contribution in [0.25, 0.3) is 0 Å². The number of fused-ring (bicyclic) bond motifs is 1. The highest BCUT2D eigenvalue weighted by atomic mass is 16.7. The summed E-state index contributed by atoms with van der Waals surface area (Å²) in [5.74, 6) is 1.22. The van der Waals surface area contributed by atoms with E-state index in [1.807, 2.05) is 0 Å². The second kappa shape index (κ2) is 3.95. The molecule has 0 saturated carbocycles. The van der Waals surface area contributed by atoms with Crippen molar-refractivity contribution in [1.82, 2.24) is 10.2 Å². The van der Waals surface area contributed by atoms with E-state index in [-0.39, 0.29) is 18.5 Å². The first-order chi connectivity index (χ1) is 8.72. The number of amides is 1. The third-order valence-corrected chi connectivity index (χ3v) is 2.47. The van der Waals surface area contributed by atoms with Crippen molar-refractivity contribution in [3.05, 3.63) is 30.0 Å². The second-order valence-corrected chi connectivity index (χ2v) is 3.73. The topological polar surface area (TPSA) is 102 Å². The number of ether oxygens (including phenoxy) is 2. The van der Waals surface area contributed by atoms with Gasteiger partial charge in [0.05, 0.1) is 0 Å². The van der Waals surface area contributed by atoms with Gasteiger partial charge >= 0.3 is 0 Å². The highest BCUT2D eigenvalue weighted by Crippen LogP contribution is 2.34. The summed E-state index contributed by atoms with van der Waals surface area (Å²) in [6.07, 6.45) is 0. The third kappa shape index (κ3) is 1.81. The standard InChI is InChI=1S/C11H10N4O3/c12-10-4-7(14-15-10)11(16)13-6-1-2-8-9(3-6)18-5-17-8/h1-4H,5H2,(H,13,16)(H3,12,14,15). The molecule has 0 spiro atoms. The van der Waals surface area contributed by atoms with E-state index in [9.17, 15) is 4.79 Å². The number of aromatic nitrogens is 2. The van der Waals surface area contributed by atoms with Gasteiger partial charge in [0, 0.05) is 17.8 Å². The molecule has 0 atom stereocenters. The van der Waals surface area contributed by atoms with E-state index in [1.54, 1.807) is 18.2 Å². The zero-order chi connectivity index (χ0) is 12.5. The van der Waals surface area contributed by atoms with Crippen LogP contribution in [0.2, 0.25) is 0 Å². The fraction of sp³-hybridized carbons (Fsp3) is 0.0909. The molecule has 0 radical (unpaired) electrons. The van der Waals surface area contributed by atoms with Crippen LogP contribution >= 0.6 is 0 Å². The van der Waals surface area contributed by atoms with E-state index in [0.29, 0.717) is 22.9 Å². The molecule has 1 aromatic carbocycles. The fourth-order valence-corrected chi connectivity index (χ4v) is 1.63. The van der Waals surface area contributed by atoms with Crippen molar-refractivity contribution in [1.29, 1.82) is 0 Å². The molecule has 3 rings (SSSR count). The van der Waals surface area contributed by atoms with E-state index in [2.05, 4.69) is 15.5 Å². The molecule has 1 aromatic heterocycles. The lowest BCUT2D eigenvalue weighted by molar-refractivity contribution is 0.102. The highest BCUT2D eigenvalue weighted by molar-refractivity contribution is 6.03. The lowest BCUT2D eigenvalue weighted by Crippen LogP contribution is -2.12. The van der Waals surface area contributed by atoms with Crippen LogP contribution in [0.15, 0.2) is 24.3 Å². The minimum Gasteiger partial charge on any atom is -0.454 e. The number of nitrogens with one attached hydrogen (secondary N) is 2. The highest BCUT2D eigenvalue weighted by Gasteiger charge is 2.15. The van der Waals surface area contributed by atoms with E-state index in [1.165, 1.54) is 6.07 Å². The Balaban J connectivity index is 1.78. The summed E-state index contributed by atoms with van der Waals surface area (Å²) in [6, 6.07) is 6.62. The number of H-pyrrole nitrogens is 1. The first-order valence-electron chi connectivity index (χ1n) is 5.24. The van der Waals surface area contributed by atoms with Crippen molar-refractivity contribution in [2.24, 2.45) is 0 Å². The summed E-state index contributed by atoms with van der Waals surface area (Å²) in [5, 5.41) is 8.92. The van der Waals surface area contributed by atoms with Crippen LogP contribution < -0.4 is 20.5 Å². The minimum atomic E-state index is -0.321. The van der Waals surface area contributed by atoms with Crippen molar-refractivity contribution < 1.29 is 14.3 Å². The zero-order valence-corrected chi connectivity index (χ0v) is 9.27. The zero-order valence-electron chi connectivity index (χ0n) is 9.27. The van der Waals surface area contributed by atoms with Gasteiger partial charge in [0.1, 0.15) is 11.5 Å². The van der Waals surface area contributed by atoms with E-state index in [4.69, 9.17) is 15.2 Å². The molecule has 2 aromatic rings. The molecule has 1 amide bonds. The molecular weight excluding hydrogens is 236 g/mol. The van der Waals surface area contributed by atoms with Crippen molar-refractivity contribution in [3.8, 4) is 11.5 Å². The number of carbonyl (C=O) groups excluding carboxylic acids is 1. The summed E-state index contributed by atoms with van der Waals surface area (Å²) < 4.78 is 10.4. The molecule has 7 heteroatoms. The van der Waals surface area contributed by atoms with Gasteiger partial charge in [-0.1, -0.05) is 0 Å². The number of rotatable bonds is 2. The van der Waals surface area contributed by atoms with Crippen molar-refractivity contribution in [2.45, 2.75) is 0 Å². The first-order valence-corrected chi connectivity index (χ1v) is 5.24. The second-order valence-electron chi connectivity index (χ2n) is 3.73. The molecule has 0 unspecified atom stereocenters. The Labute approximate surface area is 102 Å². The average molecular weight is 246 g/mol.